The van der Waals surface area contributed by atoms with Gasteiger partial charge in [0.1, 0.15) is 12.6 Å². The third-order valence-electron chi connectivity index (χ3n) is 3.77. The fourth-order valence-corrected chi connectivity index (χ4v) is 2.81. The average molecular weight is 297 g/mol. The highest BCUT2D eigenvalue weighted by Gasteiger charge is 2.28. The minimum Gasteiger partial charge on any atom is -0.480 e. The van der Waals surface area contributed by atoms with E-state index in [2.05, 4.69) is 5.32 Å². The van der Waals surface area contributed by atoms with Crippen LogP contribution in [0.15, 0.2) is 42.5 Å². The summed E-state index contributed by atoms with van der Waals surface area (Å²) in [5, 5.41) is 11.0. The molecule has 0 heterocycles. The number of carboxylic acids is 1. The van der Waals surface area contributed by atoms with Crippen LogP contribution in [0, 0.1) is 0 Å². The zero-order valence-corrected chi connectivity index (χ0v) is 12.0. The summed E-state index contributed by atoms with van der Waals surface area (Å²) in [5.74, 6) is -1.47. The summed E-state index contributed by atoms with van der Waals surface area (Å²) in [6.07, 6.45) is -0.137. The van der Waals surface area contributed by atoms with E-state index in [9.17, 15) is 9.59 Å². The topological polar surface area (TPSA) is 75.6 Å². The number of benzene rings is 2. The maximum Gasteiger partial charge on any atom is 0.322 e. The van der Waals surface area contributed by atoms with Gasteiger partial charge in [-0.05, 0) is 34.4 Å². The van der Waals surface area contributed by atoms with Crippen molar-refractivity contribution in [3.8, 4) is 11.1 Å². The Morgan fingerprint density at radius 3 is 2.59 bits per heavy atom. The Kier molecular flexibility index (Phi) is 3.65. The highest BCUT2D eigenvalue weighted by Crippen LogP contribution is 2.45. The Balaban J connectivity index is 1.98. The smallest absolute Gasteiger partial charge is 0.322 e. The molecule has 22 heavy (non-hydrogen) atoms. The SMILES string of the molecule is COC1c2ccccc2-c2cc(C(=O)NCC(=O)O)ccc21. The van der Waals surface area contributed by atoms with E-state index in [1.54, 1.807) is 19.2 Å². The van der Waals surface area contributed by atoms with Crippen LogP contribution in [0.3, 0.4) is 0 Å². The van der Waals surface area contributed by atoms with Crippen molar-refractivity contribution >= 4 is 11.9 Å². The van der Waals surface area contributed by atoms with E-state index in [1.807, 2.05) is 30.3 Å². The van der Waals surface area contributed by atoms with Crippen molar-refractivity contribution in [3.05, 3.63) is 59.2 Å². The zero-order chi connectivity index (χ0) is 15.7. The van der Waals surface area contributed by atoms with Crippen LogP contribution in [0.5, 0.6) is 0 Å². The van der Waals surface area contributed by atoms with Gasteiger partial charge in [-0.2, -0.15) is 0 Å². The van der Waals surface area contributed by atoms with Crippen LogP contribution in [-0.2, 0) is 9.53 Å². The zero-order valence-electron chi connectivity index (χ0n) is 12.0. The molecule has 112 valence electrons. The summed E-state index contributed by atoms with van der Waals surface area (Å²) >= 11 is 0. The largest absolute Gasteiger partial charge is 0.480 e. The summed E-state index contributed by atoms with van der Waals surface area (Å²) < 4.78 is 5.57. The Morgan fingerprint density at radius 2 is 1.86 bits per heavy atom. The summed E-state index contributed by atoms with van der Waals surface area (Å²) in [5.41, 5.74) is 4.51. The highest BCUT2D eigenvalue weighted by molar-refractivity contribution is 5.97. The van der Waals surface area contributed by atoms with Gasteiger partial charge in [-0.15, -0.1) is 0 Å². The summed E-state index contributed by atoms with van der Waals surface area (Å²) in [6.45, 7) is -0.396. The molecule has 1 aliphatic carbocycles. The minimum atomic E-state index is -1.07. The lowest BCUT2D eigenvalue weighted by Crippen LogP contribution is -2.29. The van der Waals surface area contributed by atoms with Crippen molar-refractivity contribution in [2.24, 2.45) is 0 Å². The van der Waals surface area contributed by atoms with Crippen molar-refractivity contribution < 1.29 is 19.4 Å². The van der Waals surface area contributed by atoms with Gasteiger partial charge in [-0.3, -0.25) is 9.59 Å². The number of methoxy groups -OCH3 is 1. The molecular weight excluding hydrogens is 282 g/mol. The second-order valence-corrected chi connectivity index (χ2v) is 5.08. The first kappa shape index (κ1) is 14.3. The average Bonchev–Trinajstić information content (AvgIpc) is 2.85. The Hall–Kier alpha value is -2.66. The van der Waals surface area contributed by atoms with E-state index in [0.717, 1.165) is 22.3 Å². The molecule has 2 aromatic carbocycles. The number of hydrogen-bond donors (Lipinski definition) is 2. The number of carbonyl (C=O) groups excluding carboxylic acids is 1. The van der Waals surface area contributed by atoms with E-state index >= 15 is 0 Å². The third-order valence-corrected chi connectivity index (χ3v) is 3.77. The number of carboxylic acid groups (broad SMARTS) is 1. The molecule has 2 aromatic rings. The van der Waals surface area contributed by atoms with E-state index in [0.29, 0.717) is 5.56 Å². The minimum absolute atomic E-state index is 0.137. The van der Waals surface area contributed by atoms with Crippen molar-refractivity contribution in [2.45, 2.75) is 6.10 Å². The first-order valence-corrected chi connectivity index (χ1v) is 6.88. The first-order chi connectivity index (χ1) is 10.6. The summed E-state index contributed by atoms with van der Waals surface area (Å²) in [4.78, 5) is 22.5. The maximum atomic E-state index is 12.0. The molecule has 0 saturated carbocycles. The molecule has 1 atom stereocenters. The fourth-order valence-electron chi connectivity index (χ4n) is 2.81. The van der Waals surface area contributed by atoms with Crippen LogP contribution in [0.25, 0.3) is 11.1 Å². The van der Waals surface area contributed by atoms with Gasteiger partial charge in [0.15, 0.2) is 0 Å². The predicted octanol–water partition coefficient (Wildman–Crippen LogP) is 2.22. The predicted molar refractivity (Wildman–Crippen MR) is 80.7 cm³/mol. The van der Waals surface area contributed by atoms with E-state index in [1.165, 1.54) is 0 Å². The van der Waals surface area contributed by atoms with Crippen LogP contribution in [-0.4, -0.2) is 30.6 Å². The van der Waals surface area contributed by atoms with Crippen molar-refractivity contribution in [1.29, 1.82) is 0 Å². The molecule has 1 amide bonds. The monoisotopic (exact) mass is 297 g/mol. The molecule has 0 spiro atoms. The third kappa shape index (κ3) is 2.35. The van der Waals surface area contributed by atoms with E-state index in [4.69, 9.17) is 9.84 Å². The Morgan fingerprint density at radius 1 is 1.14 bits per heavy atom. The maximum absolute atomic E-state index is 12.0. The van der Waals surface area contributed by atoms with Crippen LogP contribution in [0.2, 0.25) is 0 Å². The molecule has 5 heteroatoms. The van der Waals surface area contributed by atoms with Crippen LogP contribution in [0.4, 0.5) is 0 Å². The number of nitrogens with one attached hydrogen (secondary N) is 1. The van der Waals surface area contributed by atoms with Gasteiger partial charge >= 0.3 is 5.97 Å². The molecular formula is C17H15NO4. The van der Waals surface area contributed by atoms with Gasteiger partial charge < -0.3 is 15.2 Å². The van der Waals surface area contributed by atoms with Crippen LogP contribution in [0.1, 0.15) is 27.6 Å². The summed E-state index contributed by atoms with van der Waals surface area (Å²) in [6, 6.07) is 13.2. The number of carbonyl (C=O) groups is 2. The lowest BCUT2D eigenvalue weighted by atomic mass is 10.0. The van der Waals surface area contributed by atoms with Gasteiger partial charge in [-0.1, -0.05) is 30.3 Å². The van der Waals surface area contributed by atoms with Crippen LogP contribution >= 0.6 is 0 Å². The lowest BCUT2D eigenvalue weighted by Gasteiger charge is -2.11. The number of fused-ring (bicyclic) bond motifs is 3. The van der Waals surface area contributed by atoms with Crippen molar-refractivity contribution in [2.75, 3.05) is 13.7 Å². The highest BCUT2D eigenvalue weighted by atomic mass is 16.5. The van der Waals surface area contributed by atoms with Gasteiger partial charge in [0, 0.05) is 12.7 Å². The molecule has 0 radical (unpaired) electrons. The first-order valence-electron chi connectivity index (χ1n) is 6.88. The van der Waals surface area contributed by atoms with Crippen LogP contribution < -0.4 is 5.32 Å². The van der Waals surface area contributed by atoms with E-state index < -0.39 is 18.4 Å². The second-order valence-electron chi connectivity index (χ2n) is 5.08. The number of hydrogen-bond acceptors (Lipinski definition) is 3. The summed E-state index contributed by atoms with van der Waals surface area (Å²) in [7, 11) is 1.66. The normalized spacial score (nSPS) is 15.0. The molecule has 3 rings (SSSR count). The van der Waals surface area contributed by atoms with Gasteiger partial charge in [0.05, 0.1) is 0 Å². The number of aliphatic carboxylic acids is 1. The van der Waals surface area contributed by atoms with Gasteiger partial charge in [0.2, 0.25) is 0 Å². The van der Waals surface area contributed by atoms with E-state index in [-0.39, 0.29) is 6.10 Å². The van der Waals surface area contributed by atoms with Crippen molar-refractivity contribution in [3.63, 3.8) is 0 Å². The number of rotatable bonds is 4. The Labute approximate surface area is 127 Å². The second kappa shape index (κ2) is 5.61. The Bertz CT molecular complexity index is 754. The van der Waals surface area contributed by atoms with Gasteiger partial charge in [-0.25, -0.2) is 0 Å². The fraction of sp³-hybridized carbons (Fsp3) is 0.176. The number of amides is 1. The standard InChI is InChI=1S/C17H15NO4/c1-22-16-12-5-3-2-4-11(12)14-8-10(6-7-13(14)16)17(21)18-9-15(19)20/h2-8,16H,9H2,1H3,(H,18,21)(H,19,20). The lowest BCUT2D eigenvalue weighted by molar-refractivity contribution is -0.135. The molecule has 0 aliphatic heterocycles. The van der Waals surface area contributed by atoms with Gasteiger partial charge in [0.25, 0.3) is 5.91 Å². The quantitative estimate of drug-likeness (QED) is 0.907. The molecule has 2 N–H and O–H groups in total. The molecule has 0 saturated heterocycles. The van der Waals surface area contributed by atoms with Crippen molar-refractivity contribution in [1.82, 2.24) is 5.32 Å². The molecule has 5 nitrogen and oxygen atoms in total. The molecule has 0 bridgehead atoms. The molecule has 0 aromatic heterocycles. The molecule has 0 fully saturated rings. The molecule has 1 aliphatic rings. The molecule has 1 unspecified atom stereocenters. The number of ether oxygens (including phenoxy) is 1.